The number of ketones is 1. The van der Waals surface area contributed by atoms with E-state index in [1.54, 1.807) is 0 Å². The second kappa shape index (κ2) is 4.75. The maximum atomic E-state index is 13.4. The van der Waals surface area contributed by atoms with Crippen LogP contribution in [0.3, 0.4) is 0 Å². The van der Waals surface area contributed by atoms with Crippen LogP contribution in [0.5, 0.6) is 0 Å². The highest BCUT2D eigenvalue weighted by Crippen LogP contribution is 2.18. The van der Waals surface area contributed by atoms with E-state index in [9.17, 15) is 13.6 Å². The van der Waals surface area contributed by atoms with E-state index in [0.717, 1.165) is 22.6 Å². The molecule has 1 nitrogen and oxygen atoms in total. The lowest BCUT2D eigenvalue weighted by Crippen LogP contribution is -2.05. The SMILES string of the molecule is Cc1csc(CC(=O)c2ccc(F)cc2F)c1. The molecule has 0 fully saturated rings. The van der Waals surface area contributed by atoms with Gasteiger partial charge in [-0.2, -0.15) is 0 Å². The van der Waals surface area contributed by atoms with Gasteiger partial charge in [-0.3, -0.25) is 4.79 Å². The minimum atomic E-state index is -0.803. The minimum Gasteiger partial charge on any atom is -0.294 e. The summed E-state index contributed by atoms with van der Waals surface area (Å²) in [6, 6.07) is 4.90. The number of rotatable bonds is 3. The number of thiophene rings is 1. The first-order chi connectivity index (χ1) is 8.06. The highest BCUT2D eigenvalue weighted by Gasteiger charge is 2.13. The summed E-state index contributed by atoms with van der Waals surface area (Å²) in [4.78, 5) is 12.7. The summed E-state index contributed by atoms with van der Waals surface area (Å²) in [6.07, 6.45) is 0.154. The Labute approximate surface area is 102 Å². The summed E-state index contributed by atoms with van der Waals surface area (Å²) >= 11 is 1.46. The number of carbonyl (C=O) groups is 1. The number of hydrogen-bond acceptors (Lipinski definition) is 2. The molecule has 0 spiro atoms. The van der Waals surface area contributed by atoms with E-state index in [0.29, 0.717) is 0 Å². The summed E-state index contributed by atoms with van der Waals surface area (Å²) in [7, 11) is 0. The van der Waals surface area contributed by atoms with Gasteiger partial charge in [0.25, 0.3) is 0 Å². The van der Waals surface area contributed by atoms with Crippen LogP contribution in [-0.2, 0) is 6.42 Å². The molecule has 0 saturated carbocycles. The van der Waals surface area contributed by atoms with Gasteiger partial charge in [-0.05, 0) is 36.1 Å². The number of Topliss-reactive ketones (excluding diaryl/α,β-unsaturated/α-hetero) is 1. The van der Waals surface area contributed by atoms with E-state index >= 15 is 0 Å². The fourth-order valence-corrected chi connectivity index (χ4v) is 2.43. The van der Waals surface area contributed by atoms with Crippen molar-refractivity contribution in [1.29, 1.82) is 0 Å². The lowest BCUT2D eigenvalue weighted by Gasteiger charge is -2.01. The van der Waals surface area contributed by atoms with E-state index in [4.69, 9.17) is 0 Å². The van der Waals surface area contributed by atoms with Gasteiger partial charge >= 0.3 is 0 Å². The van der Waals surface area contributed by atoms with Crippen LogP contribution in [0, 0.1) is 18.6 Å². The van der Waals surface area contributed by atoms with Crippen molar-refractivity contribution in [2.45, 2.75) is 13.3 Å². The van der Waals surface area contributed by atoms with E-state index in [2.05, 4.69) is 0 Å². The van der Waals surface area contributed by atoms with E-state index in [-0.39, 0.29) is 17.8 Å². The minimum absolute atomic E-state index is 0.0579. The molecule has 17 heavy (non-hydrogen) atoms. The first-order valence-electron chi connectivity index (χ1n) is 5.08. The molecule has 0 aliphatic carbocycles. The lowest BCUT2D eigenvalue weighted by atomic mass is 10.1. The predicted molar refractivity (Wildman–Crippen MR) is 63.4 cm³/mol. The zero-order valence-electron chi connectivity index (χ0n) is 9.17. The molecule has 88 valence electrons. The molecule has 0 saturated heterocycles. The van der Waals surface area contributed by atoms with Crippen molar-refractivity contribution in [1.82, 2.24) is 0 Å². The summed E-state index contributed by atoms with van der Waals surface area (Å²) < 4.78 is 26.0. The number of benzene rings is 1. The monoisotopic (exact) mass is 252 g/mol. The zero-order chi connectivity index (χ0) is 12.4. The van der Waals surface area contributed by atoms with Crippen LogP contribution >= 0.6 is 11.3 Å². The number of carbonyl (C=O) groups excluding carboxylic acids is 1. The van der Waals surface area contributed by atoms with Gasteiger partial charge < -0.3 is 0 Å². The normalized spacial score (nSPS) is 10.5. The maximum absolute atomic E-state index is 13.4. The molecule has 0 amide bonds. The molecule has 2 rings (SSSR count). The van der Waals surface area contributed by atoms with Gasteiger partial charge in [0, 0.05) is 17.4 Å². The number of halogens is 2. The Morgan fingerprint density at radius 1 is 1.29 bits per heavy atom. The largest absolute Gasteiger partial charge is 0.294 e. The zero-order valence-corrected chi connectivity index (χ0v) is 9.98. The van der Waals surface area contributed by atoms with Crippen molar-refractivity contribution in [2.24, 2.45) is 0 Å². The van der Waals surface area contributed by atoms with E-state index in [1.807, 2.05) is 18.4 Å². The van der Waals surface area contributed by atoms with Crippen molar-refractivity contribution < 1.29 is 13.6 Å². The fraction of sp³-hybridized carbons (Fsp3) is 0.154. The topological polar surface area (TPSA) is 17.1 Å². The predicted octanol–water partition coefficient (Wildman–Crippen LogP) is 3.76. The molecule has 0 aliphatic rings. The Morgan fingerprint density at radius 3 is 2.65 bits per heavy atom. The smallest absolute Gasteiger partial charge is 0.171 e. The average Bonchev–Trinajstić information content (AvgIpc) is 2.63. The van der Waals surface area contributed by atoms with Crippen molar-refractivity contribution in [3.63, 3.8) is 0 Å². The molecule has 0 bridgehead atoms. The van der Waals surface area contributed by atoms with Gasteiger partial charge in [0.05, 0.1) is 5.56 Å². The molecule has 4 heteroatoms. The molecular weight excluding hydrogens is 242 g/mol. The van der Waals surface area contributed by atoms with Gasteiger partial charge in [0.2, 0.25) is 0 Å². The second-order valence-electron chi connectivity index (χ2n) is 3.81. The Morgan fingerprint density at radius 2 is 2.06 bits per heavy atom. The summed E-state index contributed by atoms with van der Waals surface area (Å²) in [5.41, 5.74) is 1.02. The maximum Gasteiger partial charge on any atom is 0.171 e. The first-order valence-corrected chi connectivity index (χ1v) is 5.96. The fourth-order valence-electron chi connectivity index (χ4n) is 1.55. The Kier molecular flexibility index (Phi) is 3.33. The molecule has 0 N–H and O–H groups in total. The molecule has 0 aliphatic heterocycles. The van der Waals surface area contributed by atoms with Crippen molar-refractivity contribution >= 4 is 17.1 Å². The van der Waals surface area contributed by atoms with Crippen molar-refractivity contribution in [3.8, 4) is 0 Å². The lowest BCUT2D eigenvalue weighted by molar-refractivity contribution is 0.0990. The molecule has 1 aromatic heterocycles. The number of hydrogen-bond donors (Lipinski definition) is 0. The van der Waals surface area contributed by atoms with Crippen LogP contribution in [0.1, 0.15) is 20.8 Å². The van der Waals surface area contributed by atoms with Crippen LogP contribution in [0.2, 0.25) is 0 Å². The van der Waals surface area contributed by atoms with Crippen LogP contribution in [0.15, 0.2) is 29.6 Å². The molecule has 0 radical (unpaired) electrons. The van der Waals surface area contributed by atoms with Gasteiger partial charge in [-0.15, -0.1) is 11.3 Å². The third-order valence-corrected chi connectivity index (χ3v) is 3.41. The standard InChI is InChI=1S/C13H10F2OS/c1-8-4-10(17-7-8)6-13(16)11-3-2-9(14)5-12(11)15/h2-5,7H,6H2,1H3. The van der Waals surface area contributed by atoms with Crippen molar-refractivity contribution in [2.75, 3.05) is 0 Å². The molecule has 2 aromatic rings. The summed E-state index contributed by atoms with van der Waals surface area (Å²) in [6.45, 7) is 1.93. The molecule has 1 aromatic carbocycles. The third-order valence-electron chi connectivity index (χ3n) is 2.35. The molecule has 0 atom stereocenters. The van der Waals surface area contributed by atoms with Gasteiger partial charge in [0.1, 0.15) is 11.6 Å². The first kappa shape index (κ1) is 11.9. The Hall–Kier alpha value is -1.55. The highest BCUT2D eigenvalue weighted by atomic mass is 32.1. The molecular formula is C13H10F2OS. The second-order valence-corrected chi connectivity index (χ2v) is 4.81. The average molecular weight is 252 g/mol. The summed E-state index contributed by atoms with van der Waals surface area (Å²) in [5.74, 6) is -1.81. The van der Waals surface area contributed by atoms with Crippen LogP contribution < -0.4 is 0 Å². The van der Waals surface area contributed by atoms with Crippen molar-refractivity contribution in [3.05, 3.63) is 57.3 Å². The Balaban J connectivity index is 2.20. The van der Waals surface area contributed by atoms with Crippen LogP contribution in [0.4, 0.5) is 8.78 Å². The van der Waals surface area contributed by atoms with Gasteiger partial charge in [-0.25, -0.2) is 8.78 Å². The van der Waals surface area contributed by atoms with E-state index < -0.39 is 11.6 Å². The Bertz CT molecular complexity index is 560. The molecule has 1 heterocycles. The highest BCUT2D eigenvalue weighted by molar-refractivity contribution is 7.10. The molecule has 0 unspecified atom stereocenters. The van der Waals surface area contributed by atoms with Crippen LogP contribution in [0.25, 0.3) is 0 Å². The van der Waals surface area contributed by atoms with Gasteiger partial charge in [-0.1, -0.05) is 0 Å². The quantitative estimate of drug-likeness (QED) is 0.760. The number of aryl methyl sites for hydroxylation is 1. The van der Waals surface area contributed by atoms with Crippen LogP contribution in [-0.4, -0.2) is 5.78 Å². The third kappa shape index (κ3) is 2.77. The van der Waals surface area contributed by atoms with E-state index in [1.165, 1.54) is 17.4 Å². The summed E-state index contributed by atoms with van der Waals surface area (Å²) in [5, 5.41) is 1.93. The van der Waals surface area contributed by atoms with Gasteiger partial charge in [0.15, 0.2) is 5.78 Å².